The highest BCUT2D eigenvalue weighted by Gasteiger charge is 2.30. The van der Waals surface area contributed by atoms with Crippen LogP contribution in [0.3, 0.4) is 0 Å². The van der Waals surface area contributed by atoms with Crippen molar-refractivity contribution in [2.45, 2.75) is 83.1 Å². The average Bonchev–Trinajstić information content (AvgIpc) is 3.82. The number of hydrogen-bond donors (Lipinski definition) is 5. The zero-order valence-electron chi connectivity index (χ0n) is 29.6. The lowest BCUT2D eigenvalue weighted by molar-refractivity contribution is -0.124. The Bertz CT molecular complexity index is 1540. The first-order valence-corrected chi connectivity index (χ1v) is 19.0. The fourth-order valence-corrected chi connectivity index (χ4v) is 6.99. The van der Waals surface area contributed by atoms with Crippen molar-refractivity contribution >= 4 is 41.1 Å². The van der Waals surface area contributed by atoms with Gasteiger partial charge in [-0.25, -0.2) is 14.6 Å². The predicted octanol–water partition coefficient (Wildman–Crippen LogP) is 5.36. The third-order valence-corrected chi connectivity index (χ3v) is 10.6. The number of hydrogen-bond acceptors (Lipinski definition) is 9. The van der Waals surface area contributed by atoms with Gasteiger partial charge in [0.15, 0.2) is 0 Å². The van der Waals surface area contributed by atoms with Gasteiger partial charge in [0.1, 0.15) is 12.6 Å². The Labute approximate surface area is 304 Å². The van der Waals surface area contributed by atoms with Crippen LogP contribution in [0.25, 0.3) is 0 Å². The van der Waals surface area contributed by atoms with E-state index in [1.54, 1.807) is 42.1 Å². The van der Waals surface area contributed by atoms with Crippen LogP contribution in [0.15, 0.2) is 77.1 Å². The summed E-state index contributed by atoms with van der Waals surface area (Å²) in [5.74, 6) is 0.801. The maximum absolute atomic E-state index is 14.0. The molecule has 0 saturated heterocycles. The van der Waals surface area contributed by atoms with Gasteiger partial charge in [-0.2, -0.15) is 0 Å². The van der Waals surface area contributed by atoms with Gasteiger partial charge in [-0.1, -0.05) is 74.5 Å². The van der Waals surface area contributed by atoms with E-state index < -0.39 is 12.1 Å². The van der Waals surface area contributed by atoms with Crippen LogP contribution in [0.1, 0.15) is 61.4 Å². The highest BCUT2D eigenvalue weighted by Crippen LogP contribution is 2.21. The van der Waals surface area contributed by atoms with Crippen LogP contribution in [-0.4, -0.2) is 78.7 Å². The third kappa shape index (κ3) is 12.7. The number of aromatic nitrogens is 1. The molecule has 11 nitrogen and oxygen atoms in total. The van der Waals surface area contributed by atoms with Crippen molar-refractivity contribution in [3.05, 3.63) is 99.0 Å². The molecule has 0 spiro atoms. The van der Waals surface area contributed by atoms with Crippen molar-refractivity contribution in [1.82, 2.24) is 36.5 Å². The minimum atomic E-state index is -0.833. The second kappa shape index (κ2) is 19.9. The maximum atomic E-state index is 14.0. The molecule has 0 aliphatic carbocycles. The molecule has 5 N–H and O–H groups in total. The summed E-state index contributed by atoms with van der Waals surface area (Å²) >= 11 is 3.19. The molecule has 4 rings (SSSR count). The predicted molar refractivity (Wildman–Crippen MR) is 202 cm³/mol. The number of urea groups is 1. The summed E-state index contributed by atoms with van der Waals surface area (Å²) in [4.78, 5) is 47.4. The lowest BCUT2D eigenvalue weighted by atomic mass is 9.95. The molecule has 4 unspecified atom stereocenters. The molecule has 270 valence electrons. The Balaban J connectivity index is 1.44. The summed E-state index contributed by atoms with van der Waals surface area (Å²) < 4.78 is 5.53. The van der Waals surface area contributed by atoms with Crippen LogP contribution in [0.4, 0.5) is 9.59 Å². The quantitative estimate of drug-likeness (QED) is 0.118. The van der Waals surface area contributed by atoms with Crippen LogP contribution in [0.5, 0.6) is 0 Å². The Morgan fingerprint density at radius 3 is 2.08 bits per heavy atom. The van der Waals surface area contributed by atoms with Crippen LogP contribution in [0.2, 0.25) is 0 Å². The van der Waals surface area contributed by atoms with Crippen molar-refractivity contribution in [2.75, 3.05) is 26.6 Å². The van der Waals surface area contributed by atoms with Gasteiger partial charge in [-0.05, 0) is 50.8 Å². The number of rotatable bonds is 18. The van der Waals surface area contributed by atoms with E-state index >= 15 is 0 Å². The second-order valence-electron chi connectivity index (χ2n) is 12.9. The van der Waals surface area contributed by atoms with Gasteiger partial charge in [-0.3, -0.25) is 4.79 Å². The van der Waals surface area contributed by atoms with Gasteiger partial charge >= 0.3 is 12.1 Å². The van der Waals surface area contributed by atoms with E-state index in [4.69, 9.17) is 4.74 Å². The van der Waals surface area contributed by atoms with E-state index in [0.717, 1.165) is 32.6 Å². The van der Waals surface area contributed by atoms with Crippen LogP contribution in [-0.2, 0) is 28.9 Å². The number of likely N-dealkylation sites (N-methyl/N-ethyl adjacent to an activating group) is 1. The Kier molecular flexibility index (Phi) is 15.5. The molecule has 2 aromatic carbocycles. The fraction of sp³-hybridized carbons (Fsp3) is 0.459. The van der Waals surface area contributed by atoms with E-state index in [0.29, 0.717) is 38.1 Å². The molecule has 2 heterocycles. The number of amides is 4. The van der Waals surface area contributed by atoms with Crippen molar-refractivity contribution in [1.29, 1.82) is 0 Å². The van der Waals surface area contributed by atoms with E-state index in [1.807, 2.05) is 79.2 Å². The van der Waals surface area contributed by atoms with Gasteiger partial charge in [0.25, 0.3) is 0 Å². The maximum Gasteiger partial charge on any atom is 0.407 e. The summed E-state index contributed by atoms with van der Waals surface area (Å²) in [5.41, 5.74) is 2.98. The molecule has 4 amide bonds. The Morgan fingerprint density at radius 2 is 1.54 bits per heavy atom. The molecule has 13 heteroatoms. The number of carbonyl (C=O) groups excluding carboxylic acids is 3. The highest BCUT2D eigenvalue weighted by molar-refractivity contribution is 8.03. The number of nitrogens with zero attached hydrogens (tertiary/aromatic N) is 2. The van der Waals surface area contributed by atoms with Gasteiger partial charge in [0, 0.05) is 47.6 Å². The largest absolute Gasteiger partial charge is 0.444 e. The molecular weight excluding hydrogens is 671 g/mol. The summed E-state index contributed by atoms with van der Waals surface area (Å²) in [6.07, 6.45) is 3.76. The SMILES string of the molecule is CNC(C)C(NC(=O)N(C)Cc1csc(C(C)C)n1)C(=O)NC(CCC(Cc1ccccc1)NC(=O)OCC1=CNCS1)Cc1ccccc1. The second-order valence-corrected chi connectivity index (χ2v) is 14.9. The van der Waals surface area contributed by atoms with Crippen molar-refractivity contribution < 1.29 is 19.1 Å². The first-order valence-electron chi connectivity index (χ1n) is 17.1. The normalized spacial score (nSPS) is 14.9. The van der Waals surface area contributed by atoms with Crippen LogP contribution < -0.4 is 26.6 Å². The monoisotopic (exact) mass is 721 g/mol. The van der Waals surface area contributed by atoms with Crippen molar-refractivity contribution in [3.8, 4) is 0 Å². The number of carbonyl (C=O) groups is 3. The molecular formula is C37H51N7O4S2. The zero-order valence-corrected chi connectivity index (χ0v) is 31.2. The van der Waals surface area contributed by atoms with Crippen LogP contribution in [0, 0.1) is 0 Å². The lowest BCUT2D eigenvalue weighted by Crippen LogP contribution is -2.59. The number of thiazole rings is 1. The summed E-state index contributed by atoms with van der Waals surface area (Å²) in [6, 6.07) is 18.0. The number of benzene rings is 2. The van der Waals surface area contributed by atoms with E-state index in [9.17, 15) is 14.4 Å². The summed E-state index contributed by atoms with van der Waals surface area (Å²) in [5, 5.41) is 18.5. The van der Waals surface area contributed by atoms with Gasteiger partial charge in [-0.15, -0.1) is 23.1 Å². The van der Waals surface area contributed by atoms with Gasteiger partial charge < -0.3 is 36.2 Å². The van der Waals surface area contributed by atoms with E-state index in [2.05, 4.69) is 45.4 Å². The molecule has 4 atom stereocenters. The zero-order chi connectivity index (χ0) is 35.9. The first kappa shape index (κ1) is 38.7. The van der Waals surface area contributed by atoms with E-state index in [-0.39, 0.29) is 36.7 Å². The van der Waals surface area contributed by atoms with Gasteiger partial charge in [0.2, 0.25) is 5.91 Å². The number of thioether (sulfide) groups is 1. The molecule has 0 fully saturated rings. The molecule has 3 aromatic rings. The minimum absolute atomic E-state index is 0.211. The fourth-order valence-electron chi connectivity index (χ4n) is 5.50. The molecule has 0 radical (unpaired) electrons. The third-order valence-electron chi connectivity index (χ3n) is 8.46. The first-order chi connectivity index (χ1) is 24.1. The standard InChI is InChI=1S/C37H51N7O4S2/c1-25(2)35-41-31(23-49-35)21-44(5)36(46)43-33(26(3)38-4)34(45)40-29(18-27-12-8-6-9-13-27)16-17-30(19-28-14-10-7-11-15-28)42-37(47)48-22-32-20-39-24-50-32/h6-15,20,23,25-26,29-30,33,38-39H,16-19,21-22,24H2,1-5H3,(H,40,45)(H,42,47)(H,43,46). The lowest BCUT2D eigenvalue weighted by Gasteiger charge is -2.29. The van der Waals surface area contributed by atoms with Crippen molar-refractivity contribution in [2.24, 2.45) is 0 Å². The number of alkyl carbamates (subject to hydrolysis) is 1. The highest BCUT2D eigenvalue weighted by atomic mass is 32.2. The molecule has 50 heavy (non-hydrogen) atoms. The number of nitrogens with one attached hydrogen (secondary N) is 5. The smallest absolute Gasteiger partial charge is 0.407 e. The molecule has 1 aliphatic heterocycles. The Hall–Kier alpha value is -4.07. The van der Waals surface area contributed by atoms with Crippen LogP contribution >= 0.6 is 23.1 Å². The molecule has 0 saturated carbocycles. The molecule has 0 bridgehead atoms. The average molecular weight is 722 g/mol. The minimum Gasteiger partial charge on any atom is -0.444 e. The van der Waals surface area contributed by atoms with E-state index in [1.165, 1.54) is 0 Å². The molecule has 1 aliphatic rings. The topological polar surface area (TPSA) is 137 Å². The Morgan fingerprint density at radius 1 is 0.920 bits per heavy atom. The van der Waals surface area contributed by atoms with Crippen molar-refractivity contribution in [3.63, 3.8) is 0 Å². The molecule has 1 aromatic heterocycles. The number of ether oxygens (including phenoxy) is 1. The summed E-state index contributed by atoms with van der Waals surface area (Å²) in [6.45, 7) is 6.60. The van der Waals surface area contributed by atoms with Gasteiger partial charge in [0.05, 0.1) is 23.1 Å². The summed E-state index contributed by atoms with van der Waals surface area (Å²) in [7, 11) is 3.47.